The van der Waals surface area contributed by atoms with Gasteiger partial charge in [0, 0.05) is 30.8 Å². The lowest BCUT2D eigenvalue weighted by Gasteiger charge is -2.14. The summed E-state index contributed by atoms with van der Waals surface area (Å²) in [5.41, 5.74) is 0.966. The van der Waals surface area contributed by atoms with Crippen LogP contribution in [-0.2, 0) is 36.9 Å². The summed E-state index contributed by atoms with van der Waals surface area (Å²) in [7, 11) is 0. The number of rotatable bonds is 6. The molecule has 0 saturated heterocycles. The van der Waals surface area contributed by atoms with Crippen LogP contribution in [0.1, 0.15) is 48.2 Å². The Morgan fingerprint density at radius 1 is 1.15 bits per heavy atom. The predicted molar refractivity (Wildman–Crippen MR) is 91.4 cm³/mol. The molecule has 0 spiro atoms. The van der Waals surface area contributed by atoms with E-state index in [-0.39, 0.29) is 31.2 Å². The summed E-state index contributed by atoms with van der Waals surface area (Å²) in [5.74, 6) is -0.540. The molecule has 0 fully saturated rings. The van der Waals surface area contributed by atoms with Crippen LogP contribution in [-0.4, -0.2) is 15.7 Å². The van der Waals surface area contributed by atoms with Crippen molar-refractivity contribution in [3.05, 3.63) is 52.6 Å². The summed E-state index contributed by atoms with van der Waals surface area (Å²) in [4.78, 5) is 11.9. The zero-order chi connectivity index (χ0) is 19.4. The molecule has 1 heterocycles. The number of fused-ring (bicyclic) bond motifs is 1. The minimum Gasteiger partial charge on any atom is -0.352 e. The third-order valence-corrected chi connectivity index (χ3v) is 4.70. The fourth-order valence-electron chi connectivity index (χ4n) is 3.36. The molecule has 1 amide bonds. The molecule has 2 aromatic rings. The lowest BCUT2D eigenvalue weighted by Crippen LogP contribution is -2.23. The van der Waals surface area contributed by atoms with Gasteiger partial charge in [0.05, 0.1) is 0 Å². The monoisotopic (exact) mass is 383 g/mol. The van der Waals surface area contributed by atoms with Crippen LogP contribution in [0.5, 0.6) is 0 Å². The molecule has 0 unspecified atom stereocenters. The van der Waals surface area contributed by atoms with Gasteiger partial charge in [0.15, 0.2) is 5.69 Å². The number of hydrogen-bond acceptors (Lipinski definition) is 2. The maximum absolute atomic E-state index is 13.2. The Morgan fingerprint density at radius 3 is 2.56 bits per heavy atom. The largest absolute Gasteiger partial charge is 0.435 e. The molecule has 4 nitrogen and oxygen atoms in total. The molecule has 1 aromatic carbocycles. The van der Waals surface area contributed by atoms with Crippen LogP contribution in [0.2, 0.25) is 0 Å². The van der Waals surface area contributed by atoms with Gasteiger partial charge in [0.25, 0.3) is 0 Å². The number of benzene rings is 1. The van der Waals surface area contributed by atoms with E-state index in [1.165, 1.54) is 16.8 Å². The average Bonchev–Trinajstić information content (AvgIpc) is 3.01. The van der Waals surface area contributed by atoms with Gasteiger partial charge in [-0.05, 0) is 49.8 Å². The van der Waals surface area contributed by atoms with Crippen molar-refractivity contribution in [1.82, 2.24) is 15.1 Å². The topological polar surface area (TPSA) is 46.9 Å². The van der Waals surface area contributed by atoms with Gasteiger partial charge in [-0.15, -0.1) is 0 Å². The number of nitrogens with zero attached hydrogens (tertiary/aromatic N) is 2. The first-order chi connectivity index (χ1) is 12.8. The quantitative estimate of drug-likeness (QED) is 0.766. The number of aryl methyl sites for hydroxylation is 1. The third-order valence-electron chi connectivity index (χ3n) is 4.70. The van der Waals surface area contributed by atoms with Crippen molar-refractivity contribution in [2.45, 2.75) is 57.8 Å². The standard InChI is InChI=1S/C19H21F4N3O/c20-14-9-7-13(8-10-14)12-24-17(27)6-3-11-26-16-5-2-1-4-15(16)18(25-26)19(21,22)23/h7-10H,1-6,11-12H2,(H,24,27). The summed E-state index contributed by atoms with van der Waals surface area (Å²) in [6.45, 7) is 0.566. The van der Waals surface area contributed by atoms with Crippen LogP contribution in [0, 0.1) is 5.82 Å². The molecule has 1 aliphatic carbocycles. The molecule has 1 aliphatic rings. The first kappa shape index (κ1) is 19.4. The number of amides is 1. The van der Waals surface area contributed by atoms with Crippen molar-refractivity contribution in [2.24, 2.45) is 0 Å². The summed E-state index contributed by atoms with van der Waals surface area (Å²) in [5, 5.41) is 6.51. The van der Waals surface area contributed by atoms with E-state index in [1.54, 1.807) is 12.1 Å². The zero-order valence-corrected chi connectivity index (χ0v) is 14.8. The molecule has 27 heavy (non-hydrogen) atoms. The van der Waals surface area contributed by atoms with Gasteiger partial charge in [-0.2, -0.15) is 18.3 Å². The fourth-order valence-corrected chi connectivity index (χ4v) is 3.36. The second-order valence-electron chi connectivity index (χ2n) is 6.71. The van der Waals surface area contributed by atoms with Crippen LogP contribution in [0.15, 0.2) is 24.3 Å². The Labute approximate surface area is 154 Å². The van der Waals surface area contributed by atoms with E-state index in [4.69, 9.17) is 0 Å². The SMILES string of the molecule is O=C(CCCn1nc(C(F)(F)F)c2c1CCCC2)NCc1ccc(F)cc1. The van der Waals surface area contributed by atoms with Gasteiger partial charge in [0.2, 0.25) is 5.91 Å². The number of halogens is 4. The molecule has 3 rings (SSSR count). The normalized spacial score (nSPS) is 14.1. The van der Waals surface area contributed by atoms with Crippen LogP contribution in [0.25, 0.3) is 0 Å². The Bertz CT molecular complexity index is 797. The lowest BCUT2D eigenvalue weighted by atomic mass is 9.95. The highest BCUT2D eigenvalue weighted by Gasteiger charge is 2.39. The Kier molecular flexibility index (Phi) is 5.82. The van der Waals surface area contributed by atoms with Crippen LogP contribution in [0.4, 0.5) is 17.6 Å². The molecule has 0 bridgehead atoms. The number of hydrogen-bond donors (Lipinski definition) is 1. The number of carbonyl (C=O) groups is 1. The molecule has 0 atom stereocenters. The highest BCUT2D eigenvalue weighted by molar-refractivity contribution is 5.75. The maximum Gasteiger partial charge on any atom is 0.435 e. The number of alkyl halides is 3. The number of nitrogens with one attached hydrogen (secondary N) is 1. The second kappa shape index (κ2) is 8.10. The lowest BCUT2D eigenvalue weighted by molar-refractivity contribution is -0.142. The molecular formula is C19H21F4N3O. The van der Waals surface area contributed by atoms with Gasteiger partial charge in [-0.1, -0.05) is 12.1 Å². The zero-order valence-electron chi connectivity index (χ0n) is 14.8. The van der Waals surface area contributed by atoms with E-state index in [2.05, 4.69) is 10.4 Å². The highest BCUT2D eigenvalue weighted by atomic mass is 19.4. The Morgan fingerprint density at radius 2 is 1.85 bits per heavy atom. The Hall–Kier alpha value is -2.38. The molecule has 0 aliphatic heterocycles. The van der Waals surface area contributed by atoms with E-state index in [0.29, 0.717) is 30.5 Å². The van der Waals surface area contributed by atoms with Gasteiger partial charge in [0.1, 0.15) is 5.82 Å². The molecule has 0 radical (unpaired) electrons. The third kappa shape index (κ3) is 4.87. The molecule has 0 saturated carbocycles. The summed E-state index contributed by atoms with van der Waals surface area (Å²) in [6, 6.07) is 5.82. The molecule has 1 N–H and O–H groups in total. The van der Waals surface area contributed by atoms with Crippen LogP contribution < -0.4 is 5.32 Å². The van der Waals surface area contributed by atoms with E-state index in [1.807, 2.05) is 0 Å². The van der Waals surface area contributed by atoms with E-state index in [0.717, 1.165) is 18.4 Å². The van der Waals surface area contributed by atoms with Crippen LogP contribution in [0.3, 0.4) is 0 Å². The first-order valence-electron chi connectivity index (χ1n) is 9.01. The Balaban J connectivity index is 1.53. The van der Waals surface area contributed by atoms with Crippen molar-refractivity contribution in [1.29, 1.82) is 0 Å². The highest BCUT2D eigenvalue weighted by Crippen LogP contribution is 2.35. The van der Waals surface area contributed by atoms with Gasteiger partial charge >= 0.3 is 6.18 Å². The van der Waals surface area contributed by atoms with E-state index in [9.17, 15) is 22.4 Å². The summed E-state index contributed by atoms with van der Waals surface area (Å²) < 4.78 is 53.8. The molecular weight excluding hydrogens is 362 g/mol. The maximum atomic E-state index is 13.2. The summed E-state index contributed by atoms with van der Waals surface area (Å²) >= 11 is 0. The minimum atomic E-state index is -4.45. The molecule has 146 valence electrons. The van der Waals surface area contributed by atoms with Gasteiger partial charge in [-0.3, -0.25) is 9.48 Å². The fraction of sp³-hybridized carbons (Fsp3) is 0.474. The number of carbonyl (C=O) groups excluding carboxylic acids is 1. The van der Waals surface area contributed by atoms with E-state index >= 15 is 0 Å². The summed E-state index contributed by atoms with van der Waals surface area (Å²) in [6.07, 6.45) is -1.25. The van der Waals surface area contributed by atoms with Gasteiger partial charge < -0.3 is 5.32 Å². The number of aromatic nitrogens is 2. The van der Waals surface area contributed by atoms with Crippen molar-refractivity contribution in [2.75, 3.05) is 0 Å². The predicted octanol–water partition coefficient (Wildman–Crippen LogP) is 4.02. The van der Waals surface area contributed by atoms with Crippen LogP contribution >= 0.6 is 0 Å². The van der Waals surface area contributed by atoms with Crippen molar-refractivity contribution in [3.8, 4) is 0 Å². The van der Waals surface area contributed by atoms with Crippen molar-refractivity contribution < 1.29 is 22.4 Å². The molecule has 8 heteroatoms. The second-order valence-corrected chi connectivity index (χ2v) is 6.71. The van der Waals surface area contributed by atoms with E-state index < -0.39 is 11.9 Å². The van der Waals surface area contributed by atoms with Gasteiger partial charge in [-0.25, -0.2) is 4.39 Å². The first-order valence-corrected chi connectivity index (χ1v) is 9.01. The van der Waals surface area contributed by atoms with Crippen molar-refractivity contribution in [3.63, 3.8) is 0 Å². The van der Waals surface area contributed by atoms with Crippen molar-refractivity contribution >= 4 is 5.91 Å². The minimum absolute atomic E-state index is 0.192. The average molecular weight is 383 g/mol. The molecule has 1 aromatic heterocycles. The smallest absolute Gasteiger partial charge is 0.352 e.